The summed E-state index contributed by atoms with van der Waals surface area (Å²) in [4.78, 5) is 12.0. The van der Waals surface area contributed by atoms with E-state index < -0.39 is 17.1 Å². The van der Waals surface area contributed by atoms with Crippen LogP contribution < -0.4 is 0 Å². The molecular weight excluding hydrogens is 351 g/mol. The van der Waals surface area contributed by atoms with Crippen LogP contribution in [-0.2, 0) is 16.0 Å². The van der Waals surface area contributed by atoms with Crippen molar-refractivity contribution in [1.82, 2.24) is 0 Å². The second-order valence-electron chi connectivity index (χ2n) is 6.13. The van der Waals surface area contributed by atoms with E-state index in [1.54, 1.807) is 6.07 Å². The highest BCUT2D eigenvalue weighted by molar-refractivity contribution is 7.91. The third kappa shape index (κ3) is 3.59. The van der Waals surface area contributed by atoms with Crippen molar-refractivity contribution in [1.29, 1.82) is 0 Å². The number of carbonyl (C=O) groups is 1. The first kappa shape index (κ1) is 18.4. The van der Waals surface area contributed by atoms with Gasteiger partial charge in [-0.15, -0.1) is 0 Å². The van der Waals surface area contributed by atoms with Crippen molar-refractivity contribution < 1.29 is 18.8 Å². The molecule has 26 heavy (non-hydrogen) atoms. The topological polar surface area (TPSA) is 60.4 Å². The molecule has 0 amide bonds. The first-order valence-electron chi connectivity index (χ1n) is 8.33. The van der Waals surface area contributed by atoms with Crippen LogP contribution in [0.1, 0.15) is 37.0 Å². The van der Waals surface area contributed by atoms with Crippen molar-refractivity contribution in [2.45, 2.75) is 25.2 Å². The zero-order valence-corrected chi connectivity index (χ0v) is 15.4. The van der Waals surface area contributed by atoms with Gasteiger partial charge in [0.25, 0.3) is 0 Å². The third-order valence-electron chi connectivity index (χ3n) is 4.50. The van der Waals surface area contributed by atoms with Gasteiger partial charge in [0.15, 0.2) is 4.90 Å². The van der Waals surface area contributed by atoms with E-state index >= 15 is 0 Å². The molecule has 134 valence electrons. The van der Waals surface area contributed by atoms with Crippen molar-refractivity contribution >= 4 is 34.4 Å². The van der Waals surface area contributed by atoms with E-state index in [1.165, 1.54) is 12.1 Å². The largest absolute Gasteiger partial charge is 0.611 e. The molecule has 1 atom stereocenters. The van der Waals surface area contributed by atoms with Gasteiger partial charge in [-0.2, -0.15) is 0 Å². The molecule has 0 bridgehead atoms. The Morgan fingerprint density at radius 3 is 2.50 bits per heavy atom. The SMILES string of the molecule is CC[S+]([O-])c1ccc(C=C2C(C)=C(CC(=O)O)c3cc(F)ccc32)cc1. The molecule has 2 aromatic carbocycles. The third-order valence-corrected chi connectivity index (χ3v) is 5.82. The Hall–Kier alpha value is -2.37. The molecule has 0 aliphatic heterocycles. The summed E-state index contributed by atoms with van der Waals surface area (Å²) in [5.74, 6) is -0.756. The summed E-state index contributed by atoms with van der Waals surface area (Å²) in [5.41, 5.74) is 4.76. The van der Waals surface area contributed by atoms with Crippen molar-refractivity contribution in [3.63, 3.8) is 0 Å². The summed E-state index contributed by atoms with van der Waals surface area (Å²) < 4.78 is 25.5. The van der Waals surface area contributed by atoms with Crippen molar-refractivity contribution in [2.24, 2.45) is 0 Å². The monoisotopic (exact) mass is 370 g/mol. The van der Waals surface area contributed by atoms with E-state index in [9.17, 15) is 18.8 Å². The van der Waals surface area contributed by atoms with Crippen molar-refractivity contribution in [3.8, 4) is 0 Å². The number of benzene rings is 2. The number of rotatable bonds is 5. The van der Waals surface area contributed by atoms with Gasteiger partial charge >= 0.3 is 5.97 Å². The highest BCUT2D eigenvalue weighted by atomic mass is 32.2. The van der Waals surface area contributed by atoms with Crippen LogP contribution in [0.3, 0.4) is 0 Å². The minimum absolute atomic E-state index is 0.145. The van der Waals surface area contributed by atoms with Gasteiger partial charge in [0, 0.05) is 0 Å². The average Bonchev–Trinajstić information content (AvgIpc) is 2.86. The normalized spacial score (nSPS) is 16.1. The molecule has 0 fully saturated rings. The Morgan fingerprint density at radius 2 is 1.88 bits per heavy atom. The van der Waals surface area contributed by atoms with Gasteiger partial charge < -0.3 is 9.66 Å². The van der Waals surface area contributed by atoms with Gasteiger partial charge in [-0.3, -0.25) is 4.79 Å². The summed E-state index contributed by atoms with van der Waals surface area (Å²) in [6.07, 6.45) is 1.81. The Labute approximate surface area is 155 Å². The molecule has 0 saturated heterocycles. The van der Waals surface area contributed by atoms with Gasteiger partial charge in [0.1, 0.15) is 11.6 Å². The number of halogens is 1. The molecule has 0 heterocycles. The molecule has 3 rings (SSSR count). The lowest BCUT2D eigenvalue weighted by Gasteiger charge is -2.08. The average molecular weight is 370 g/mol. The van der Waals surface area contributed by atoms with Crippen LogP contribution in [0.15, 0.2) is 52.9 Å². The standard InChI is InChI=1S/C21H19FO3S/c1-3-26(25)16-7-4-14(5-8-16)10-18-13(2)19(12-21(23)24)20-11-15(22)6-9-17(18)20/h4-11H,3,12H2,1-2H3,(H,23,24). The zero-order chi connectivity index (χ0) is 18.8. The molecule has 0 spiro atoms. The van der Waals surface area contributed by atoms with Crippen LogP contribution in [0.2, 0.25) is 0 Å². The van der Waals surface area contributed by atoms with Crippen LogP contribution in [0.25, 0.3) is 17.2 Å². The Kier molecular flexibility index (Phi) is 5.30. The molecule has 1 aliphatic carbocycles. The second-order valence-corrected chi connectivity index (χ2v) is 7.87. The molecule has 1 N–H and O–H groups in total. The Morgan fingerprint density at radius 1 is 1.19 bits per heavy atom. The Balaban J connectivity index is 2.05. The minimum Gasteiger partial charge on any atom is -0.611 e. The first-order valence-corrected chi connectivity index (χ1v) is 9.65. The summed E-state index contributed by atoms with van der Waals surface area (Å²) in [7, 11) is 0. The summed E-state index contributed by atoms with van der Waals surface area (Å²) in [6, 6.07) is 11.9. The fourth-order valence-electron chi connectivity index (χ4n) is 3.18. The zero-order valence-electron chi connectivity index (χ0n) is 14.6. The van der Waals surface area contributed by atoms with Crippen molar-refractivity contribution in [3.05, 3.63) is 70.5 Å². The number of hydrogen-bond donors (Lipinski definition) is 1. The minimum atomic E-state index is -0.998. The van der Waals surface area contributed by atoms with Gasteiger partial charge in [0.05, 0.1) is 6.42 Å². The molecule has 0 aromatic heterocycles. The first-order chi connectivity index (χ1) is 12.4. The molecule has 0 radical (unpaired) electrons. The van der Waals surface area contributed by atoms with Crippen LogP contribution in [-0.4, -0.2) is 21.4 Å². The van der Waals surface area contributed by atoms with Crippen molar-refractivity contribution in [2.75, 3.05) is 5.75 Å². The van der Waals surface area contributed by atoms with E-state index in [0.717, 1.165) is 27.2 Å². The van der Waals surface area contributed by atoms with Crippen LogP contribution in [0, 0.1) is 5.82 Å². The number of fused-ring (bicyclic) bond motifs is 1. The maximum Gasteiger partial charge on any atom is 0.307 e. The Bertz CT molecular complexity index is 913. The quantitative estimate of drug-likeness (QED) is 0.772. The summed E-state index contributed by atoms with van der Waals surface area (Å²) in [5, 5.41) is 9.19. The highest BCUT2D eigenvalue weighted by Gasteiger charge is 2.25. The molecule has 1 unspecified atom stereocenters. The number of carboxylic acids is 1. The molecular formula is C21H19FO3S. The number of allylic oxidation sites excluding steroid dienone is 2. The smallest absolute Gasteiger partial charge is 0.307 e. The highest BCUT2D eigenvalue weighted by Crippen LogP contribution is 2.43. The fraction of sp³-hybridized carbons (Fsp3) is 0.190. The van der Waals surface area contributed by atoms with Crippen LogP contribution in [0.4, 0.5) is 4.39 Å². The summed E-state index contributed by atoms with van der Waals surface area (Å²) >= 11 is -0.998. The number of aliphatic carboxylic acids is 1. The lowest BCUT2D eigenvalue weighted by molar-refractivity contribution is -0.135. The van der Waals surface area contributed by atoms with Gasteiger partial charge in [-0.1, -0.05) is 6.07 Å². The van der Waals surface area contributed by atoms with E-state index in [2.05, 4.69) is 0 Å². The molecule has 2 aromatic rings. The number of carboxylic acid groups (broad SMARTS) is 1. The lowest BCUT2D eigenvalue weighted by Crippen LogP contribution is -2.03. The predicted molar refractivity (Wildman–Crippen MR) is 103 cm³/mol. The lowest BCUT2D eigenvalue weighted by atomic mass is 10.0. The molecule has 3 nitrogen and oxygen atoms in total. The maximum atomic E-state index is 13.7. The van der Waals surface area contributed by atoms with Crippen LogP contribution in [0.5, 0.6) is 0 Å². The van der Waals surface area contributed by atoms with E-state index in [-0.39, 0.29) is 12.2 Å². The maximum absolute atomic E-state index is 13.7. The predicted octanol–water partition coefficient (Wildman–Crippen LogP) is 4.76. The molecule has 5 heteroatoms. The van der Waals surface area contributed by atoms with Gasteiger partial charge in [-0.25, -0.2) is 4.39 Å². The molecule has 1 aliphatic rings. The van der Waals surface area contributed by atoms with E-state index in [4.69, 9.17) is 0 Å². The number of hydrogen-bond acceptors (Lipinski definition) is 2. The van der Waals surface area contributed by atoms with E-state index in [0.29, 0.717) is 16.9 Å². The molecule has 0 saturated carbocycles. The van der Waals surface area contributed by atoms with Crippen LogP contribution >= 0.6 is 0 Å². The second kappa shape index (κ2) is 7.48. The van der Waals surface area contributed by atoms with Gasteiger partial charge in [0.2, 0.25) is 0 Å². The van der Waals surface area contributed by atoms with Gasteiger partial charge in [-0.05, 0) is 101 Å². The fourth-order valence-corrected chi connectivity index (χ4v) is 3.95. The van der Waals surface area contributed by atoms with E-state index in [1.807, 2.05) is 44.2 Å². The summed E-state index contributed by atoms with van der Waals surface area (Å²) in [6.45, 7) is 3.74.